The van der Waals surface area contributed by atoms with Crippen LogP contribution in [0.25, 0.3) is 0 Å². The van der Waals surface area contributed by atoms with Crippen LogP contribution in [0.3, 0.4) is 0 Å². The Morgan fingerprint density at radius 1 is 1.78 bits per heavy atom. The number of ether oxygens (including phenoxy) is 1. The summed E-state index contributed by atoms with van der Waals surface area (Å²) in [4.78, 5) is 9.96. The molecule has 0 spiro atoms. The van der Waals surface area contributed by atoms with Crippen LogP contribution in [0.1, 0.15) is 19.3 Å². The van der Waals surface area contributed by atoms with E-state index < -0.39 is 5.97 Å². The molecule has 0 aromatic rings. The molecule has 0 unspecified atom stereocenters. The third-order valence-electron chi connectivity index (χ3n) is 1.42. The van der Waals surface area contributed by atoms with Gasteiger partial charge in [-0.2, -0.15) is 0 Å². The lowest BCUT2D eigenvalue weighted by Gasteiger charge is -2.08. The van der Waals surface area contributed by atoms with Crippen molar-refractivity contribution in [1.29, 1.82) is 0 Å². The fraction of sp³-hybridized carbons (Fsp3) is 0.833. The van der Waals surface area contributed by atoms with Gasteiger partial charge in [-0.05, 0) is 12.8 Å². The zero-order valence-electron chi connectivity index (χ0n) is 5.13. The van der Waals surface area contributed by atoms with Crippen molar-refractivity contribution in [2.24, 2.45) is 0 Å². The maximum atomic E-state index is 9.96. The minimum atomic E-state index is -1.01. The zero-order chi connectivity index (χ0) is 6.69. The molecule has 0 saturated carbocycles. The summed E-state index contributed by atoms with van der Waals surface area (Å²) < 4.78 is 5.04. The van der Waals surface area contributed by atoms with Crippen molar-refractivity contribution in [3.8, 4) is 0 Å². The van der Waals surface area contributed by atoms with Crippen LogP contribution >= 0.6 is 0 Å². The predicted octanol–water partition coefficient (Wildman–Crippen LogP) is -0.695. The average molecular weight is 129 g/mol. The molecule has 0 bridgehead atoms. The third kappa shape index (κ3) is 2.01. The molecule has 0 radical (unpaired) electrons. The molecule has 1 aliphatic rings. The van der Waals surface area contributed by atoms with Crippen molar-refractivity contribution in [3.63, 3.8) is 0 Å². The predicted molar refractivity (Wildman–Crippen MR) is 28.6 cm³/mol. The van der Waals surface area contributed by atoms with Crippen LogP contribution in [0.15, 0.2) is 0 Å². The van der Waals surface area contributed by atoms with Gasteiger partial charge in [0, 0.05) is 19.0 Å². The Balaban J connectivity index is 2.19. The van der Waals surface area contributed by atoms with E-state index in [4.69, 9.17) is 4.74 Å². The van der Waals surface area contributed by atoms with Crippen LogP contribution in [0.5, 0.6) is 0 Å². The number of carbonyl (C=O) groups is 1. The van der Waals surface area contributed by atoms with Gasteiger partial charge in [-0.25, -0.2) is 0 Å². The standard InChI is InChI=1S/C6H10O3/c7-6(8)4-5-2-1-3-9-5/h5H,1-4H2,(H,7,8)/p-1/t5-/m1/s1. The van der Waals surface area contributed by atoms with Gasteiger partial charge in [0.25, 0.3) is 0 Å². The second-order valence-electron chi connectivity index (χ2n) is 2.21. The molecule has 1 fully saturated rings. The summed E-state index contributed by atoms with van der Waals surface area (Å²) in [5, 5.41) is 9.96. The monoisotopic (exact) mass is 129 g/mol. The van der Waals surface area contributed by atoms with Crippen molar-refractivity contribution in [3.05, 3.63) is 0 Å². The molecule has 1 aliphatic heterocycles. The molecule has 0 aliphatic carbocycles. The Morgan fingerprint density at radius 2 is 2.56 bits per heavy atom. The Morgan fingerprint density at radius 3 is 3.00 bits per heavy atom. The number of carbonyl (C=O) groups excluding carboxylic acids is 1. The summed E-state index contributed by atoms with van der Waals surface area (Å²) in [5.41, 5.74) is 0. The molecule has 0 amide bonds. The van der Waals surface area contributed by atoms with E-state index in [-0.39, 0.29) is 12.5 Å². The molecule has 1 rings (SSSR count). The first-order valence-electron chi connectivity index (χ1n) is 3.10. The van der Waals surface area contributed by atoms with Crippen LogP contribution in [-0.4, -0.2) is 18.7 Å². The SMILES string of the molecule is O=C([O-])C[C@H]1CCCO1. The number of carboxylic acid groups (broad SMARTS) is 1. The van der Waals surface area contributed by atoms with E-state index in [2.05, 4.69) is 0 Å². The van der Waals surface area contributed by atoms with E-state index in [1.165, 1.54) is 0 Å². The fourth-order valence-corrected chi connectivity index (χ4v) is 0.991. The highest BCUT2D eigenvalue weighted by molar-refractivity contribution is 5.64. The van der Waals surface area contributed by atoms with Crippen molar-refractivity contribution < 1.29 is 14.6 Å². The first-order valence-corrected chi connectivity index (χ1v) is 3.10. The van der Waals surface area contributed by atoms with Gasteiger partial charge < -0.3 is 14.6 Å². The van der Waals surface area contributed by atoms with E-state index in [1.807, 2.05) is 0 Å². The van der Waals surface area contributed by atoms with Crippen LogP contribution in [0.2, 0.25) is 0 Å². The number of hydrogen-bond donors (Lipinski definition) is 0. The first kappa shape index (κ1) is 6.55. The van der Waals surface area contributed by atoms with E-state index in [0.29, 0.717) is 6.61 Å². The molecular formula is C6H9O3-. The minimum Gasteiger partial charge on any atom is -0.550 e. The highest BCUT2D eigenvalue weighted by atomic mass is 16.5. The maximum absolute atomic E-state index is 9.96. The lowest BCUT2D eigenvalue weighted by atomic mass is 10.2. The van der Waals surface area contributed by atoms with E-state index in [9.17, 15) is 9.90 Å². The Labute approximate surface area is 53.6 Å². The van der Waals surface area contributed by atoms with Gasteiger partial charge >= 0.3 is 0 Å². The summed E-state index contributed by atoms with van der Waals surface area (Å²) in [7, 11) is 0. The molecule has 0 aromatic carbocycles. The molecule has 3 nitrogen and oxygen atoms in total. The first-order chi connectivity index (χ1) is 4.29. The van der Waals surface area contributed by atoms with Gasteiger partial charge in [0.15, 0.2) is 0 Å². The molecule has 1 saturated heterocycles. The average Bonchev–Trinajstić information content (AvgIpc) is 2.15. The van der Waals surface area contributed by atoms with Crippen LogP contribution in [0, 0.1) is 0 Å². The quantitative estimate of drug-likeness (QED) is 0.495. The fourth-order valence-electron chi connectivity index (χ4n) is 0.991. The van der Waals surface area contributed by atoms with Crippen LogP contribution in [-0.2, 0) is 9.53 Å². The molecule has 0 aromatic heterocycles. The van der Waals surface area contributed by atoms with Gasteiger partial charge in [-0.1, -0.05) is 0 Å². The maximum Gasteiger partial charge on any atom is 0.0628 e. The normalized spacial score (nSPS) is 26.4. The largest absolute Gasteiger partial charge is 0.550 e. The highest BCUT2D eigenvalue weighted by Gasteiger charge is 2.14. The minimum absolute atomic E-state index is 0.0556. The molecule has 52 valence electrons. The number of aliphatic carboxylic acids is 1. The van der Waals surface area contributed by atoms with Crippen LogP contribution in [0.4, 0.5) is 0 Å². The van der Waals surface area contributed by atoms with Gasteiger partial charge in [-0.15, -0.1) is 0 Å². The van der Waals surface area contributed by atoms with Crippen molar-refractivity contribution in [2.45, 2.75) is 25.4 Å². The van der Waals surface area contributed by atoms with Gasteiger partial charge in [0.05, 0.1) is 6.10 Å². The number of rotatable bonds is 2. The van der Waals surface area contributed by atoms with Crippen molar-refractivity contribution in [2.75, 3.05) is 6.61 Å². The highest BCUT2D eigenvalue weighted by Crippen LogP contribution is 2.13. The summed E-state index contributed by atoms with van der Waals surface area (Å²) >= 11 is 0. The number of hydrogen-bond acceptors (Lipinski definition) is 3. The Kier molecular flexibility index (Phi) is 2.05. The van der Waals surface area contributed by atoms with Crippen molar-refractivity contribution >= 4 is 5.97 Å². The van der Waals surface area contributed by atoms with E-state index in [1.54, 1.807) is 0 Å². The van der Waals surface area contributed by atoms with Crippen LogP contribution < -0.4 is 5.11 Å². The Hall–Kier alpha value is -0.570. The lowest BCUT2D eigenvalue weighted by molar-refractivity contribution is -0.307. The molecule has 0 N–H and O–H groups in total. The molecule has 9 heavy (non-hydrogen) atoms. The van der Waals surface area contributed by atoms with Gasteiger partial charge in [0.2, 0.25) is 0 Å². The molecule has 1 atom stereocenters. The number of carboxylic acids is 1. The smallest absolute Gasteiger partial charge is 0.0628 e. The van der Waals surface area contributed by atoms with Gasteiger partial charge in [-0.3, -0.25) is 0 Å². The summed E-state index contributed by atoms with van der Waals surface area (Å²) in [5.74, 6) is -1.01. The third-order valence-corrected chi connectivity index (χ3v) is 1.42. The molecular weight excluding hydrogens is 120 g/mol. The lowest BCUT2D eigenvalue weighted by Crippen LogP contribution is -2.26. The summed E-state index contributed by atoms with van der Waals surface area (Å²) in [6.45, 7) is 0.706. The Bertz CT molecular complexity index is 105. The summed E-state index contributed by atoms with van der Waals surface area (Å²) in [6.07, 6.45) is 1.83. The topological polar surface area (TPSA) is 49.4 Å². The molecule has 3 heteroatoms. The summed E-state index contributed by atoms with van der Waals surface area (Å²) in [6, 6.07) is 0. The van der Waals surface area contributed by atoms with Gasteiger partial charge in [0.1, 0.15) is 0 Å². The van der Waals surface area contributed by atoms with E-state index >= 15 is 0 Å². The zero-order valence-corrected chi connectivity index (χ0v) is 5.13. The second-order valence-corrected chi connectivity index (χ2v) is 2.21. The van der Waals surface area contributed by atoms with E-state index in [0.717, 1.165) is 12.8 Å². The second kappa shape index (κ2) is 2.82. The molecule has 1 heterocycles. The van der Waals surface area contributed by atoms with Crippen molar-refractivity contribution in [1.82, 2.24) is 0 Å².